The van der Waals surface area contributed by atoms with E-state index in [1.165, 1.54) is 7.11 Å². The molecule has 3 atom stereocenters. The zero-order valence-corrected chi connectivity index (χ0v) is 9.23. The summed E-state index contributed by atoms with van der Waals surface area (Å²) in [6.45, 7) is -0.755. The molecule has 9 heteroatoms. The SMILES string of the molecule is CO[C@H](CO)COP(=O)(O)C(O)P=O. The fourth-order valence-electron chi connectivity index (χ4n) is 0.511. The monoisotopic (exact) mass is 246 g/mol. The van der Waals surface area contributed by atoms with Gasteiger partial charge in [-0.3, -0.25) is 9.13 Å². The lowest BCUT2D eigenvalue weighted by molar-refractivity contribution is 0.0120. The van der Waals surface area contributed by atoms with Crippen LogP contribution in [0.3, 0.4) is 0 Å². The molecule has 3 N–H and O–H groups in total. The Hall–Kier alpha value is 0.130. The van der Waals surface area contributed by atoms with Crippen LogP contribution in [0.4, 0.5) is 0 Å². The molecule has 0 fully saturated rings. The van der Waals surface area contributed by atoms with E-state index in [1.807, 2.05) is 0 Å². The Balaban J connectivity index is 4.10. The van der Waals surface area contributed by atoms with Crippen molar-refractivity contribution < 1.29 is 33.5 Å². The van der Waals surface area contributed by atoms with Gasteiger partial charge >= 0.3 is 7.60 Å². The Morgan fingerprint density at radius 1 is 1.57 bits per heavy atom. The minimum Gasteiger partial charge on any atom is -0.394 e. The van der Waals surface area contributed by atoms with Crippen LogP contribution in [-0.2, 0) is 18.4 Å². The molecule has 0 radical (unpaired) electrons. The number of hydrogen-bond acceptors (Lipinski definition) is 6. The molecule has 0 spiro atoms. The Morgan fingerprint density at radius 2 is 2.14 bits per heavy atom. The zero-order valence-electron chi connectivity index (χ0n) is 7.44. The van der Waals surface area contributed by atoms with Crippen LogP contribution in [0.25, 0.3) is 0 Å². The molecule has 0 aliphatic rings. The summed E-state index contributed by atoms with van der Waals surface area (Å²) in [6, 6.07) is 0. The van der Waals surface area contributed by atoms with Gasteiger partial charge in [-0.25, -0.2) is 0 Å². The van der Waals surface area contributed by atoms with Crippen LogP contribution in [0.15, 0.2) is 0 Å². The average molecular weight is 246 g/mol. The van der Waals surface area contributed by atoms with Gasteiger partial charge in [-0.2, -0.15) is 0 Å². The second kappa shape index (κ2) is 6.58. The Labute approximate surface area is 82.4 Å². The van der Waals surface area contributed by atoms with Crippen LogP contribution >= 0.6 is 16.1 Å². The van der Waals surface area contributed by atoms with Crippen LogP contribution in [0.1, 0.15) is 0 Å². The maximum Gasteiger partial charge on any atom is 0.368 e. The highest BCUT2D eigenvalue weighted by Crippen LogP contribution is 2.50. The first-order chi connectivity index (χ1) is 6.47. The molecule has 0 aromatic carbocycles. The maximum atomic E-state index is 11.0. The zero-order chi connectivity index (χ0) is 11.2. The van der Waals surface area contributed by atoms with E-state index in [0.29, 0.717) is 0 Å². The molecule has 0 bridgehead atoms. The number of methoxy groups -OCH3 is 1. The summed E-state index contributed by atoms with van der Waals surface area (Å²) in [5.74, 6) is 0. The number of aliphatic hydroxyl groups is 2. The smallest absolute Gasteiger partial charge is 0.368 e. The Bertz CT molecular complexity index is 216. The fraction of sp³-hybridized carbons (Fsp3) is 1.00. The van der Waals surface area contributed by atoms with Gasteiger partial charge in [-0.15, -0.1) is 0 Å². The fourth-order valence-corrected chi connectivity index (χ4v) is 1.70. The third-order valence-corrected chi connectivity index (χ3v) is 3.82. The summed E-state index contributed by atoms with van der Waals surface area (Å²) in [5, 5.41) is 17.4. The molecule has 0 saturated heterocycles. The summed E-state index contributed by atoms with van der Waals surface area (Å²) < 4.78 is 30.1. The Morgan fingerprint density at radius 3 is 2.50 bits per heavy atom. The molecule has 0 aromatic heterocycles. The second-order valence-electron chi connectivity index (χ2n) is 2.35. The summed E-state index contributed by atoms with van der Waals surface area (Å²) in [4.78, 5) is 8.96. The lowest BCUT2D eigenvalue weighted by Crippen LogP contribution is -2.22. The molecule has 0 saturated carbocycles. The van der Waals surface area contributed by atoms with E-state index < -0.39 is 27.7 Å². The molecule has 0 amide bonds. The number of ether oxygens (including phenoxy) is 1. The summed E-state index contributed by atoms with van der Waals surface area (Å²) in [7, 11) is -3.93. The normalized spacial score (nSPS) is 20.3. The first-order valence-electron chi connectivity index (χ1n) is 3.59. The topological polar surface area (TPSA) is 113 Å². The third kappa shape index (κ3) is 4.57. The molecule has 0 rings (SSSR count). The van der Waals surface area contributed by atoms with E-state index in [9.17, 15) is 9.13 Å². The molecular formula is C5H12O7P2. The van der Waals surface area contributed by atoms with E-state index in [-0.39, 0.29) is 13.2 Å². The summed E-state index contributed by atoms with van der Waals surface area (Å²) in [5.41, 5.74) is -1.97. The van der Waals surface area contributed by atoms with Crippen molar-refractivity contribution in [2.24, 2.45) is 0 Å². The van der Waals surface area contributed by atoms with Crippen molar-refractivity contribution >= 4 is 16.1 Å². The highest BCUT2D eigenvalue weighted by molar-refractivity contribution is 7.62. The van der Waals surface area contributed by atoms with Crippen molar-refractivity contribution in [3.63, 3.8) is 0 Å². The molecule has 84 valence electrons. The lowest BCUT2D eigenvalue weighted by Gasteiger charge is -2.16. The predicted octanol–water partition coefficient (Wildman–Crippen LogP) is -0.237. The van der Waals surface area contributed by atoms with Gasteiger partial charge in [-0.05, 0) is 0 Å². The first-order valence-corrected chi connectivity index (χ1v) is 6.12. The van der Waals surface area contributed by atoms with Crippen LogP contribution in [0.2, 0.25) is 0 Å². The van der Waals surface area contributed by atoms with Crippen LogP contribution in [0, 0.1) is 0 Å². The van der Waals surface area contributed by atoms with Crippen molar-refractivity contribution in [1.29, 1.82) is 0 Å². The third-order valence-electron chi connectivity index (χ3n) is 1.37. The van der Waals surface area contributed by atoms with E-state index in [1.54, 1.807) is 0 Å². The Kier molecular flexibility index (Phi) is 6.64. The predicted molar refractivity (Wildman–Crippen MR) is 47.3 cm³/mol. The van der Waals surface area contributed by atoms with Gasteiger partial charge in [-0.1, -0.05) is 0 Å². The molecule has 0 aromatic rings. The first kappa shape index (κ1) is 14.1. The molecule has 0 aliphatic carbocycles. The molecule has 0 heterocycles. The van der Waals surface area contributed by atoms with Crippen LogP contribution in [-0.4, -0.2) is 47.1 Å². The van der Waals surface area contributed by atoms with Gasteiger partial charge in [0.1, 0.15) is 6.10 Å². The maximum absolute atomic E-state index is 11.0. The van der Waals surface area contributed by atoms with Crippen molar-refractivity contribution in [3.8, 4) is 0 Å². The van der Waals surface area contributed by atoms with Gasteiger partial charge < -0.3 is 24.4 Å². The molecule has 14 heavy (non-hydrogen) atoms. The van der Waals surface area contributed by atoms with Crippen LogP contribution in [0.5, 0.6) is 0 Å². The van der Waals surface area contributed by atoms with E-state index >= 15 is 0 Å². The van der Waals surface area contributed by atoms with Crippen LogP contribution < -0.4 is 0 Å². The molecule has 0 aliphatic heterocycles. The molecule has 2 unspecified atom stereocenters. The highest BCUT2D eigenvalue weighted by Gasteiger charge is 2.32. The van der Waals surface area contributed by atoms with Gasteiger partial charge in [0.25, 0.3) is 0 Å². The van der Waals surface area contributed by atoms with Gasteiger partial charge in [0.15, 0.2) is 0 Å². The summed E-state index contributed by atoms with van der Waals surface area (Å²) >= 11 is 0. The molecule has 7 nitrogen and oxygen atoms in total. The number of aliphatic hydroxyl groups excluding tert-OH is 2. The quantitative estimate of drug-likeness (QED) is 0.531. The number of rotatable bonds is 7. The minimum atomic E-state index is -4.32. The highest BCUT2D eigenvalue weighted by atomic mass is 31.2. The van der Waals surface area contributed by atoms with Gasteiger partial charge in [0.05, 0.1) is 13.2 Å². The number of hydrogen-bond donors (Lipinski definition) is 3. The van der Waals surface area contributed by atoms with Crippen molar-refractivity contribution in [1.82, 2.24) is 0 Å². The van der Waals surface area contributed by atoms with E-state index in [4.69, 9.17) is 15.1 Å². The average Bonchev–Trinajstić information content (AvgIpc) is 2.18. The standard InChI is InChI=1S/C5H12O7P2/c1-11-4(2-6)3-12-14(9,10)5(7)13-8/h4-7H,2-3H2,1H3,(H,9,10)/t4-,5?/m1/s1. The van der Waals surface area contributed by atoms with Crippen molar-refractivity contribution in [2.45, 2.75) is 11.7 Å². The molecular weight excluding hydrogens is 234 g/mol. The van der Waals surface area contributed by atoms with Crippen molar-refractivity contribution in [3.05, 3.63) is 0 Å². The van der Waals surface area contributed by atoms with Gasteiger partial charge in [0, 0.05) is 7.11 Å². The van der Waals surface area contributed by atoms with Gasteiger partial charge in [0.2, 0.25) is 14.0 Å². The lowest BCUT2D eigenvalue weighted by atomic mass is 10.4. The second-order valence-corrected chi connectivity index (χ2v) is 5.33. The van der Waals surface area contributed by atoms with E-state index in [2.05, 4.69) is 9.26 Å². The largest absolute Gasteiger partial charge is 0.394 e. The minimum absolute atomic E-state index is 0.368. The van der Waals surface area contributed by atoms with E-state index in [0.717, 1.165) is 0 Å². The summed E-state index contributed by atoms with van der Waals surface area (Å²) in [6.07, 6.45) is -0.758. The van der Waals surface area contributed by atoms with Crippen molar-refractivity contribution in [2.75, 3.05) is 20.3 Å².